The second-order valence-corrected chi connectivity index (χ2v) is 6.58. The van der Waals surface area contributed by atoms with E-state index in [1.54, 1.807) is 6.92 Å². The van der Waals surface area contributed by atoms with Crippen LogP contribution in [-0.4, -0.2) is 24.3 Å². The van der Waals surface area contributed by atoms with Crippen LogP contribution in [0, 0.1) is 5.92 Å². The molecule has 1 unspecified atom stereocenters. The minimum Gasteiger partial charge on any atom is -0.490 e. The van der Waals surface area contributed by atoms with Gasteiger partial charge in [-0.05, 0) is 24.0 Å². The predicted molar refractivity (Wildman–Crippen MR) is 84.3 cm³/mol. The highest BCUT2D eigenvalue weighted by Gasteiger charge is 2.25. The number of benzene rings is 1. The Balaban J connectivity index is 2.53. The SMILES string of the molecule is CC(Cc1c(Br)cc2c(c1C(C)C)OCCCO2)C(=O)O. The summed E-state index contributed by atoms with van der Waals surface area (Å²) in [5, 5.41) is 9.18. The van der Waals surface area contributed by atoms with Crippen molar-refractivity contribution in [3.8, 4) is 11.5 Å². The van der Waals surface area contributed by atoms with E-state index in [4.69, 9.17) is 9.47 Å². The predicted octanol–water partition coefficient (Wildman–Crippen LogP) is 4.00. The van der Waals surface area contributed by atoms with E-state index in [2.05, 4.69) is 29.8 Å². The molecule has 0 radical (unpaired) electrons. The van der Waals surface area contributed by atoms with Crippen LogP contribution in [0.25, 0.3) is 0 Å². The molecule has 0 amide bonds. The number of ether oxygens (including phenoxy) is 2. The number of hydrogen-bond donors (Lipinski definition) is 1. The van der Waals surface area contributed by atoms with Crippen molar-refractivity contribution in [3.63, 3.8) is 0 Å². The van der Waals surface area contributed by atoms with Gasteiger partial charge in [-0.1, -0.05) is 36.7 Å². The Hall–Kier alpha value is -1.23. The van der Waals surface area contributed by atoms with E-state index in [1.807, 2.05) is 6.07 Å². The largest absolute Gasteiger partial charge is 0.490 e. The zero-order chi connectivity index (χ0) is 15.6. The monoisotopic (exact) mass is 356 g/mol. The number of hydrogen-bond acceptors (Lipinski definition) is 3. The fraction of sp³-hybridized carbons (Fsp3) is 0.562. The van der Waals surface area contributed by atoms with E-state index in [-0.39, 0.29) is 5.92 Å². The first-order valence-corrected chi connectivity index (χ1v) is 8.04. The van der Waals surface area contributed by atoms with E-state index in [9.17, 15) is 9.90 Å². The Bertz CT molecular complexity index is 540. The van der Waals surface area contributed by atoms with Crippen LogP contribution in [0.1, 0.15) is 44.2 Å². The maximum absolute atomic E-state index is 11.2. The molecule has 2 rings (SSSR count). The van der Waals surface area contributed by atoms with E-state index in [0.29, 0.717) is 19.6 Å². The number of carboxylic acid groups (broad SMARTS) is 1. The Labute approximate surface area is 133 Å². The standard InChI is InChI=1S/C16H21BrO4/c1-9(2)14-11(7-10(3)16(18)19)12(17)8-13-15(14)21-6-4-5-20-13/h8-10H,4-7H2,1-3H3,(H,18,19). The highest BCUT2D eigenvalue weighted by molar-refractivity contribution is 9.10. The zero-order valence-corrected chi connectivity index (χ0v) is 14.2. The van der Waals surface area contributed by atoms with Gasteiger partial charge in [-0.15, -0.1) is 0 Å². The summed E-state index contributed by atoms with van der Waals surface area (Å²) in [6.45, 7) is 7.17. The van der Waals surface area contributed by atoms with Crippen molar-refractivity contribution >= 4 is 21.9 Å². The Kier molecular flexibility index (Phi) is 5.14. The van der Waals surface area contributed by atoms with Gasteiger partial charge < -0.3 is 14.6 Å². The van der Waals surface area contributed by atoms with E-state index < -0.39 is 11.9 Å². The topological polar surface area (TPSA) is 55.8 Å². The van der Waals surface area contributed by atoms with Crippen molar-refractivity contribution < 1.29 is 19.4 Å². The van der Waals surface area contributed by atoms with Crippen molar-refractivity contribution in [2.75, 3.05) is 13.2 Å². The van der Waals surface area contributed by atoms with Gasteiger partial charge in [0, 0.05) is 16.5 Å². The van der Waals surface area contributed by atoms with Gasteiger partial charge in [0.2, 0.25) is 0 Å². The van der Waals surface area contributed by atoms with Crippen LogP contribution < -0.4 is 9.47 Å². The lowest BCUT2D eigenvalue weighted by Crippen LogP contribution is -2.15. The molecule has 1 N–H and O–H groups in total. The van der Waals surface area contributed by atoms with Crippen LogP contribution in [0.4, 0.5) is 0 Å². The van der Waals surface area contributed by atoms with Gasteiger partial charge in [0.25, 0.3) is 0 Å². The molecule has 0 spiro atoms. The van der Waals surface area contributed by atoms with Gasteiger partial charge in [-0.25, -0.2) is 0 Å². The number of aliphatic carboxylic acids is 1. The van der Waals surface area contributed by atoms with Gasteiger partial charge >= 0.3 is 5.97 Å². The molecule has 0 aliphatic carbocycles. The maximum atomic E-state index is 11.2. The first-order valence-electron chi connectivity index (χ1n) is 7.25. The van der Waals surface area contributed by atoms with Crippen LogP contribution in [0.2, 0.25) is 0 Å². The average Bonchev–Trinajstić information content (AvgIpc) is 2.63. The van der Waals surface area contributed by atoms with Crippen molar-refractivity contribution in [1.82, 2.24) is 0 Å². The molecule has 0 fully saturated rings. The van der Waals surface area contributed by atoms with Crippen LogP contribution in [0.15, 0.2) is 10.5 Å². The van der Waals surface area contributed by atoms with Gasteiger partial charge in [0.15, 0.2) is 11.5 Å². The second-order valence-electron chi connectivity index (χ2n) is 5.73. The molecule has 21 heavy (non-hydrogen) atoms. The second kappa shape index (κ2) is 6.69. The normalized spacial score (nSPS) is 15.7. The Morgan fingerprint density at radius 2 is 2.00 bits per heavy atom. The third kappa shape index (κ3) is 3.51. The van der Waals surface area contributed by atoms with E-state index in [0.717, 1.165) is 33.5 Å². The van der Waals surface area contributed by atoms with Crippen molar-refractivity contribution in [1.29, 1.82) is 0 Å². The molecule has 0 saturated carbocycles. The molecule has 1 atom stereocenters. The summed E-state index contributed by atoms with van der Waals surface area (Å²) in [6.07, 6.45) is 1.32. The third-order valence-corrected chi connectivity index (χ3v) is 4.35. The first kappa shape index (κ1) is 16.1. The Morgan fingerprint density at radius 3 is 2.62 bits per heavy atom. The lowest BCUT2D eigenvalue weighted by Gasteiger charge is -2.22. The van der Waals surface area contributed by atoms with Crippen molar-refractivity contribution in [3.05, 3.63) is 21.7 Å². The number of rotatable bonds is 4. The van der Waals surface area contributed by atoms with Gasteiger partial charge in [-0.3, -0.25) is 4.79 Å². The third-order valence-electron chi connectivity index (χ3n) is 3.64. The Morgan fingerprint density at radius 1 is 1.33 bits per heavy atom. The average molecular weight is 357 g/mol. The lowest BCUT2D eigenvalue weighted by atomic mass is 9.90. The van der Waals surface area contributed by atoms with Crippen LogP contribution in [0.5, 0.6) is 11.5 Å². The van der Waals surface area contributed by atoms with Crippen molar-refractivity contribution in [2.45, 2.75) is 39.5 Å². The van der Waals surface area contributed by atoms with E-state index >= 15 is 0 Å². The molecule has 5 heteroatoms. The zero-order valence-electron chi connectivity index (χ0n) is 12.6. The molecule has 1 aliphatic heterocycles. The molecule has 1 heterocycles. The summed E-state index contributed by atoms with van der Waals surface area (Å²) in [6, 6.07) is 1.90. The fourth-order valence-corrected chi connectivity index (χ4v) is 3.13. The summed E-state index contributed by atoms with van der Waals surface area (Å²) in [7, 11) is 0. The molecule has 4 nitrogen and oxygen atoms in total. The number of carbonyl (C=O) groups is 1. The van der Waals surface area contributed by atoms with Gasteiger partial charge in [-0.2, -0.15) is 0 Å². The molecule has 0 bridgehead atoms. The summed E-state index contributed by atoms with van der Waals surface area (Å²) >= 11 is 3.57. The molecule has 1 aromatic carbocycles. The molecular weight excluding hydrogens is 336 g/mol. The number of fused-ring (bicyclic) bond motifs is 1. The quantitative estimate of drug-likeness (QED) is 0.885. The molecule has 116 valence electrons. The summed E-state index contributed by atoms with van der Waals surface area (Å²) < 4.78 is 12.5. The highest BCUT2D eigenvalue weighted by atomic mass is 79.9. The minimum atomic E-state index is -0.788. The number of carboxylic acids is 1. The van der Waals surface area contributed by atoms with E-state index in [1.165, 1.54) is 0 Å². The maximum Gasteiger partial charge on any atom is 0.306 e. The smallest absolute Gasteiger partial charge is 0.306 e. The van der Waals surface area contributed by atoms with Gasteiger partial charge in [0.05, 0.1) is 19.1 Å². The molecule has 1 aliphatic rings. The van der Waals surface area contributed by atoms with Crippen LogP contribution in [-0.2, 0) is 11.2 Å². The highest BCUT2D eigenvalue weighted by Crippen LogP contribution is 2.44. The number of halogens is 1. The minimum absolute atomic E-state index is 0.231. The molecule has 0 saturated heterocycles. The summed E-state index contributed by atoms with van der Waals surface area (Å²) in [5.41, 5.74) is 2.05. The molecule has 0 aromatic heterocycles. The summed E-state index contributed by atoms with van der Waals surface area (Å²) in [5.74, 6) is 0.523. The molecule has 1 aromatic rings. The first-order chi connectivity index (χ1) is 9.91. The lowest BCUT2D eigenvalue weighted by molar-refractivity contribution is -0.141. The van der Waals surface area contributed by atoms with Crippen molar-refractivity contribution in [2.24, 2.45) is 5.92 Å². The fourth-order valence-electron chi connectivity index (χ4n) is 2.55. The van der Waals surface area contributed by atoms with Crippen LogP contribution >= 0.6 is 15.9 Å². The van der Waals surface area contributed by atoms with Crippen LogP contribution in [0.3, 0.4) is 0 Å². The summed E-state index contributed by atoms with van der Waals surface area (Å²) in [4.78, 5) is 11.2. The van der Waals surface area contributed by atoms with Gasteiger partial charge in [0.1, 0.15) is 0 Å². The molecular formula is C16H21BrO4.